The number of ether oxygens (including phenoxy) is 1. The van der Waals surface area contributed by atoms with Gasteiger partial charge in [-0.1, -0.05) is 11.6 Å². The van der Waals surface area contributed by atoms with Gasteiger partial charge in [-0.25, -0.2) is 13.5 Å². The molecule has 0 saturated carbocycles. The topological polar surface area (TPSA) is 90.9 Å². The Kier molecular flexibility index (Phi) is 5.25. The van der Waals surface area contributed by atoms with Crippen LogP contribution in [0.25, 0.3) is 10.9 Å². The second-order valence-electron chi connectivity index (χ2n) is 6.59. The standard InChI is InChI=1S/C19H17ClF2N6O/c20-16-1-2-17(23)28(26-16)18(24)8-12-14(21)9-15-13(19(12)22)7-11(10-25-15)27-3-5-29-6-4-27/h1-2,7,9-10,23-24H,3-6,8H2. The Morgan fingerprint density at radius 3 is 2.72 bits per heavy atom. The van der Waals surface area contributed by atoms with Crippen molar-refractivity contribution in [3.8, 4) is 0 Å². The maximum absolute atomic E-state index is 15.2. The Bertz CT molecular complexity index is 1160. The van der Waals surface area contributed by atoms with Crippen molar-refractivity contribution in [1.29, 1.82) is 10.8 Å². The summed E-state index contributed by atoms with van der Waals surface area (Å²) in [6.45, 7) is 2.48. The smallest absolute Gasteiger partial charge is 0.150 e. The first-order valence-corrected chi connectivity index (χ1v) is 9.29. The number of pyridine rings is 1. The van der Waals surface area contributed by atoms with Crippen LogP contribution in [0.3, 0.4) is 0 Å². The predicted octanol–water partition coefficient (Wildman–Crippen LogP) is 2.75. The number of hydrogen-bond acceptors (Lipinski definition) is 6. The summed E-state index contributed by atoms with van der Waals surface area (Å²) in [5.74, 6) is -1.85. The number of nitrogens with one attached hydrogen (secondary N) is 2. The number of aromatic nitrogens is 3. The lowest BCUT2D eigenvalue weighted by molar-refractivity contribution is 0.122. The minimum atomic E-state index is -0.805. The molecule has 1 aromatic carbocycles. The van der Waals surface area contributed by atoms with Crippen LogP contribution in [0.1, 0.15) is 5.56 Å². The molecule has 0 aliphatic carbocycles. The summed E-state index contributed by atoms with van der Waals surface area (Å²) < 4.78 is 36.1. The van der Waals surface area contributed by atoms with Crippen LogP contribution in [0.5, 0.6) is 0 Å². The monoisotopic (exact) mass is 418 g/mol. The highest BCUT2D eigenvalue weighted by molar-refractivity contribution is 6.29. The normalized spacial score (nSPS) is 14.4. The summed E-state index contributed by atoms with van der Waals surface area (Å²) >= 11 is 5.81. The molecule has 0 unspecified atom stereocenters. The third-order valence-corrected chi connectivity index (χ3v) is 4.94. The molecule has 1 fully saturated rings. The molecule has 1 saturated heterocycles. The SMILES string of the molecule is N=C(Cc1c(F)cc2ncc(N3CCOCC3)cc2c1F)n1nc(Cl)ccc1=N. The first kappa shape index (κ1) is 19.4. The van der Waals surface area contributed by atoms with Crippen molar-refractivity contribution in [2.24, 2.45) is 0 Å². The van der Waals surface area contributed by atoms with E-state index in [2.05, 4.69) is 10.1 Å². The fourth-order valence-electron chi connectivity index (χ4n) is 3.24. The van der Waals surface area contributed by atoms with Crippen LogP contribution < -0.4 is 10.4 Å². The molecule has 0 atom stereocenters. The summed E-state index contributed by atoms with van der Waals surface area (Å²) in [4.78, 5) is 6.23. The van der Waals surface area contributed by atoms with Gasteiger partial charge < -0.3 is 9.64 Å². The zero-order valence-corrected chi connectivity index (χ0v) is 16.0. The average Bonchev–Trinajstić information content (AvgIpc) is 2.73. The van der Waals surface area contributed by atoms with Crippen molar-refractivity contribution >= 4 is 34.0 Å². The number of benzene rings is 1. The molecule has 0 amide bonds. The maximum atomic E-state index is 15.2. The summed E-state index contributed by atoms with van der Waals surface area (Å²) in [5, 5.41) is 20.1. The quantitative estimate of drug-likeness (QED) is 0.505. The third kappa shape index (κ3) is 3.83. The van der Waals surface area contributed by atoms with Crippen molar-refractivity contribution < 1.29 is 13.5 Å². The molecule has 2 aromatic heterocycles. The van der Waals surface area contributed by atoms with Crippen LogP contribution >= 0.6 is 11.6 Å². The Labute approximate surface area is 169 Å². The van der Waals surface area contributed by atoms with Crippen LogP contribution in [0, 0.1) is 22.5 Å². The van der Waals surface area contributed by atoms with E-state index in [0.717, 1.165) is 16.4 Å². The van der Waals surface area contributed by atoms with Crippen LogP contribution in [-0.2, 0) is 11.2 Å². The van der Waals surface area contributed by atoms with Crippen LogP contribution in [-0.4, -0.2) is 46.9 Å². The van der Waals surface area contributed by atoms with Gasteiger partial charge in [-0.05, 0) is 18.2 Å². The highest BCUT2D eigenvalue weighted by atomic mass is 35.5. The van der Waals surface area contributed by atoms with Gasteiger partial charge in [-0.15, -0.1) is 0 Å². The maximum Gasteiger partial charge on any atom is 0.150 e. The summed E-state index contributed by atoms with van der Waals surface area (Å²) in [5.41, 5.74) is 0.531. The first-order chi connectivity index (χ1) is 13.9. The van der Waals surface area contributed by atoms with Crippen molar-refractivity contribution in [2.75, 3.05) is 31.2 Å². The van der Waals surface area contributed by atoms with E-state index in [1.54, 1.807) is 12.3 Å². The first-order valence-electron chi connectivity index (χ1n) is 8.91. The van der Waals surface area contributed by atoms with E-state index in [-0.39, 0.29) is 39.4 Å². The molecule has 3 aromatic rings. The van der Waals surface area contributed by atoms with Gasteiger partial charge >= 0.3 is 0 Å². The summed E-state index contributed by atoms with van der Waals surface area (Å²) in [6, 6.07) is 5.55. The Morgan fingerprint density at radius 2 is 1.97 bits per heavy atom. The van der Waals surface area contributed by atoms with E-state index in [1.807, 2.05) is 4.90 Å². The van der Waals surface area contributed by atoms with E-state index in [0.29, 0.717) is 26.3 Å². The Morgan fingerprint density at radius 1 is 1.21 bits per heavy atom. The number of rotatable bonds is 3. The number of morpholine rings is 1. The van der Waals surface area contributed by atoms with Crippen molar-refractivity contribution in [3.63, 3.8) is 0 Å². The minimum Gasteiger partial charge on any atom is -0.378 e. The molecule has 0 radical (unpaired) electrons. The number of hydrogen-bond donors (Lipinski definition) is 2. The van der Waals surface area contributed by atoms with E-state index in [1.165, 1.54) is 12.1 Å². The van der Waals surface area contributed by atoms with Gasteiger partial charge in [0.15, 0.2) is 0 Å². The summed E-state index contributed by atoms with van der Waals surface area (Å²) in [7, 11) is 0. The lowest BCUT2D eigenvalue weighted by atomic mass is 10.0. The molecule has 10 heteroatoms. The molecule has 29 heavy (non-hydrogen) atoms. The van der Waals surface area contributed by atoms with Crippen molar-refractivity contribution in [1.82, 2.24) is 14.8 Å². The molecule has 3 heterocycles. The molecule has 1 aliphatic rings. The Balaban J connectivity index is 1.72. The predicted molar refractivity (Wildman–Crippen MR) is 105 cm³/mol. The molecule has 4 rings (SSSR count). The highest BCUT2D eigenvalue weighted by Crippen LogP contribution is 2.27. The fraction of sp³-hybridized carbons (Fsp3) is 0.263. The molecule has 0 bridgehead atoms. The summed E-state index contributed by atoms with van der Waals surface area (Å²) in [6.07, 6.45) is 1.20. The van der Waals surface area contributed by atoms with Crippen molar-refractivity contribution in [2.45, 2.75) is 6.42 Å². The lowest BCUT2D eigenvalue weighted by Crippen LogP contribution is -2.36. The van der Waals surface area contributed by atoms with Crippen LogP contribution in [0.4, 0.5) is 14.5 Å². The Hall–Kier alpha value is -2.91. The van der Waals surface area contributed by atoms with E-state index in [4.69, 9.17) is 27.2 Å². The van der Waals surface area contributed by atoms with E-state index < -0.39 is 11.6 Å². The van der Waals surface area contributed by atoms with Crippen LogP contribution in [0.2, 0.25) is 5.15 Å². The van der Waals surface area contributed by atoms with Gasteiger partial charge in [-0.2, -0.15) is 5.10 Å². The third-order valence-electron chi connectivity index (χ3n) is 4.74. The molecule has 2 N–H and O–H groups in total. The minimum absolute atomic E-state index is 0.0737. The number of anilines is 1. The van der Waals surface area contributed by atoms with Gasteiger partial charge in [-0.3, -0.25) is 15.8 Å². The van der Waals surface area contributed by atoms with Gasteiger partial charge in [0.1, 0.15) is 28.1 Å². The fourth-order valence-corrected chi connectivity index (χ4v) is 3.37. The lowest BCUT2D eigenvalue weighted by Gasteiger charge is -2.28. The van der Waals surface area contributed by atoms with Gasteiger partial charge in [0.05, 0.1) is 30.6 Å². The van der Waals surface area contributed by atoms with Gasteiger partial charge in [0, 0.05) is 36.5 Å². The average molecular weight is 419 g/mol. The molecule has 150 valence electrons. The molecule has 7 nitrogen and oxygen atoms in total. The van der Waals surface area contributed by atoms with E-state index >= 15 is 4.39 Å². The van der Waals surface area contributed by atoms with Gasteiger partial charge in [0.25, 0.3) is 0 Å². The molecular weight excluding hydrogens is 402 g/mol. The van der Waals surface area contributed by atoms with Crippen molar-refractivity contribution in [3.05, 3.63) is 58.3 Å². The zero-order valence-electron chi connectivity index (χ0n) is 15.3. The second kappa shape index (κ2) is 7.84. The van der Waals surface area contributed by atoms with Gasteiger partial charge in [0.2, 0.25) is 0 Å². The van der Waals surface area contributed by atoms with E-state index in [9.17, 15) is 4.39 Å². The molecular formula is C19H17ClF2N6O. The molecule has 1 aliphatic heterocycles. The molecule has 0 spiro atoms. The largest absolute Gasteiger partial charge is 0.378 e. The van der Waals surface area contributed by atoms with Crippen LogP contribution in [0.15, 0.2) is 30.5 Å². The zero-order chi connectivity index (χ0) is 20.5. The number of halogens is 3. The second-order valence-corrected chi connectivity index (χ2v) is 6.97. The highest BCUT2D eigenvalue weighted by Gasteiger charge is 2.19. The number of nitrogens with zero attached hydrogens (tertiary/aromatic N) is 4. The number of fused-ring (bicyclic) bond motifs is 1.